The Balaban J connectivity index is 2.28. The molecule has 0 aliphatic heterocycles. The number of hydrogen-bond acceptors (Lipinski definition) is 5. The Kier molecular flexibility index (Phi) is 3.74. The molecule has 2 aromatic rings. The van der Waals surface area contributed by atoms with Crippen molar-refractivity contribution in [2.45, 2.75) is 0 Å². The number of nitrogen functional groups attached to an aromatic ring is 1. The number of nitrogens with two attached hydrogens (primary N) is 1. The van der Waals surface area contributed by atoms with Crippen LogP contribution in [-0.2, 0) is 0 Å². The number of benzene rings is 1. The average molecular weight is 272 g/mol. The van der Waals surface area contributed by atoms with Crippen molar-refractivity contribution in [2.75, 3.05) is 30.0 Å². The van der Waals surface area contributed by atoms with Gasteiger partial charge in [0.25, 0.3) is 0 Å². The van der Waals surface area contributed by atoms with Gasteiger partial charge in [-0.1, -0.05) is 6.07 Å². The maximum atomic E-state index is 11.0. The summed E-state index contributed by atoms with van der Waals surface area (Å²) < 4.78 is 0. The zero-order valence-corrected chi connectivity index (χ0v) is 11.3. The maximum Gasteiger partial charge on any atom is 0.337 e. The van der Waals surface area contributed by atoms with Gasteiger partial charge in [-0.25, -0.2) is 9.78 Å². The molecule has 0 atom stereocenters. The van der Waals surface area contributed by atoms with Gasteiger partial charge in [0.1, 0.15) is 5.82 Å². The third kappa shape index (κ3) is 2.97. The summed E-state index contributed by atoms with van der Waals surface area (Å²) in [4.78, 5) is 17.1. The molecule has 1 heterocycles. The van der Waals surface area contributed by atoms with Crippen molar-refractivity contribution in [3.63, 3.8) is 0 Å². The molecular weight excluding hydrogens is 256 g/mol. The van der Waals surface area contributed by atoms with Crippen LogP contribution in [0.25, 0.3) is 0 Å². The molecule has 0 aliphatic carbocycles. The van der Waals surface area contributed by atoms with Crippen molar-refractivity contribution in [1.29, 1.82) is 0 Å². The van der Waals surface area contributed by atoms with E-state index in [2.05, 4.69) is 10.3 Å². The average Bonchev–Trinajstić information content (AvgIpc) is 2.41. The number of anilines is 4. The second kappa shape index (κ2) is 5.48. The first-order valence-electron chi connectivity index (χ1n) is 6.00. The van der Waals surface area contributed by atoms with Gasteiger partial charge < -0.3 is 21.1 Å². The third-order valence-electron chi connectivity index (χ3n) is 2.80. The zero-order valence-electron chi connectivity index (χ0n) is 11.3. The van der Waals surface area contributed by atoms with Crippen molar-refractivity contribution < 1.29 is 9.90 Å². The lowest BCUT2D eigenvalue weighted by Crippen LogP contribution is -2.09. The van der Waals surface area contributed by atoms with Crippen LogP contribution in [0.15, 0.2) is 36.5 Å². The fraction of sp³-hybridized carbons (Fsp3) is 0.143. The number of nitrogens with one attached hydrogen (secondary N) is 1. The summed E-state index contributed by atoms with van der Waals surface area (Å²) in [5.41, 5.74) is 7.60. The number of pyridine rings is 1. The first kappa shape index (κ1) is 13.7. The SMILES string of the molecule is CN(C)c1cccc(Nc2cc(C(=O)O)c(N)cn2)c1. The van der Waals surface area contributed by atoms with Gasteiger partial charge >= 0.3 is 5.97 Å². The minimum Gasteiger partial charge on any atom is -0.478 e. The van der Waals surface area contributed by atoms with E-state index in [0.717, 1.165) is 11.4 Å². The molecule has 104 valence electrons. The molecule has 6 nitrogen and oxygen atoms in total. The topological polar surface area (TPSA) is 91.5 Å². The molecule has 6 heteroatoms. The van der Waals surface area contributed by atoms with E-state index in [4.69, 9.17) is 10.8 Å². The number of nitrogens with zero attached hydrogens (tertiary/aromatic N) is 2. The largest absolute Gasteiger partial charge is 0.478 e. The number of aromatic carboxylic acids is 1. The van der Waals surface area contributed by atoms with Gasteiger partial charge in [0, 0.05) is 25.5 Å². The highest BCUT2D eigenvalue weighted by Crippen LogP contribution is 2.22. The van der Waals surface area contributed by atoms with Crippen LogP contribution in [0.1, 0.15) is 10.4 Å². The molecule has 0 unspecified atom stereocenters. The lowest BCUT2D eigenvalue weighted by Gasteiger charge is -2.14. The van der Waals surface area contributed by atoms with Gasteiger partial charge in [-0.2, -0.15) is 0 Å². The van der Waals surface area contributed by atoms with Crippen LogP contribution in [0.4, 0.5) is 22.9 Å². The standard InChI is InChI=1S/C14H16N4O2/c1-18(2)10-5-3-4-9(6-10)17-13-7-11(14(19)20)12(15)8-16-13/h3-8H,15H2,1-2H3,(H,16,17)(H,19,20). The summed E-state index contributed by atoms with van der Waals surface area (Å²) in [6, 6.07) is 9.13. The lowest BCUT2D eigenvalue weighted by molar-refractivity contribution is 0.0698. The molecule has 0 bridgehead atoms. The van der Waals surface area contributed by atoms with Crippen LogP contribution >= 0.6 is 0 Å². The van der Waals surface area contributed by atoms with Crippen LogP contribution in [0.2, 0.25) is 0 Å². The molecule has 1 aromatic heterocycles. The van der Waals surface area contributed by atoms with E-state index in [1.807, 2.05) is 43.3 Å². The van der Waals surface area contributed by atoms with Gasteiger partial charge in [-0.15, -0.1) is 0 Å². The highest BCUT2D eigenvalue weighted by atomic mass is 16.4. The Morgan fingerprint density at radius 2 is 2.10 bits per heavy atom. The van der Waals surface area contributed by atoms with Gasteiger partial charge in [-0.05, 0) is 24.3 Å². The van der Waals surface area contributed by atoms with Gasteiger partial charge in [0.05, 0.1) is 17.4 Å². The number of carboxylic acid groups (broad SMARTS) is 1. The summed E-state index contributed by atoms with van der Waals surface area (Å²) >= 11 is 0. The summed E-state index contributed by atoms with van der Waals surface area (Å²) in [6.07, 6.45) is 1.33. The minimum atomic E-state index is -1.07. The Labute approximate surface area is 116 Å². The van der Waals surface area contributed by atoms with Crippen LogP contribution < -0.4 is 16.0 Å². The normalized spacial score (nSPS) is 10.1. The van der Waals surface area contributed by atoms with E-state index in [1.54, 1.807) is 0 Å². The first-order valence-corrected chi connectivity index (χ1v) is 6.00. The van der Waals surface area contributed by atoms with Crippen molar-refractivity contribution in [3.8, 4) is 0 Å². The van der Waals surface area contributed by atoms with Crippen LogP contribution in [-0.4, -0.2) is 30.2 Å². The van der Waals surface area contributed by atoms with Crippen molar-refractivity contribution in [3.05, 3.63) is 42.1 Å². The van der Waals surface area contributed by atoms with Crippen molar-refractivity contribution >= 4 is 28.8 Å². The van der Waals surface area contributed by atoms with E-state index < -0.39 is 5.97 Å². The number of aromatic nitrogens is 1. The summed E-state index contributed by atoms with van der Waals surface area (Å²) in [6.45, 7) is 0. The maximum absolute atomic E-state index is 11.0. The Morgan fingerprint density at radius 3 is 2.75 bits per heavy atom. The van der Waals surface area contributed by atoms with E-state index in [1.165, 1.54) is 12.3 Å². The Hall–Kier alpha value is -2.76. The molecule has 0 saturated carbocycles. The predicted molar refractivity (Wildman–Crippen MR) is 79.7 cm³/mol. The Morgan fingerprint density at radius 1 is 1.35 bits per heavy atom. The molecule has 0 saturated heterocycles. The highest BCUT2D eigenvalue weighted by Gasteiger charge is 2.09. The predicted octanol–water partition coefficient (Wildman–Crippen LogP) is 2.17. The lowest BCUT2D eigenvalue weighted by atomic mass is 10.2. The third-order valence-corrected chi connectivity index (χ3v) is 2.80. The number of rotatable bonds is 4. The second-order valence-corrected chi connectivity index (χ2v) is 4.53. The summed E-state index contributed by atoms with van der Waals surface area (Å²) in [7, 11) is 3.90. The minimum absolute atomic E-state index is 0.0336. The molecule has 0 spiro atoms. The number of hydrogen-bond donors (Lipinski definition) is 3. The highest BCUT2D eigenvalue weighted by molar-refractivity contribution is 5.94. The number of carboxylic acids is 1. The summed E-state index contributed by atoms with van der Waals surface area (Å²) in [5.74, 6) is -0.637. The zero-order chi connectivity index (χ0) is 14.7. The van der Waals surface area contributed by atoms with Crippen LogP contribution in [0, 0.1) is 0 Å². The Bertz CT molecular complexity index is 641. The molecule has 20 heavy (non-hydrogen) atoms. The quantitative estimate of drug-likeness (QED) is 0.790. The van der Waals surface area contributed by atoms with E-state index in [-0.39, 0.29) is 11.3 Å². The molecule has 0 aliphatic rings. The van der Waals surface area contributed by atoms with Crippen molar-refractivity contribution in [2.24, 2.45) is 0 Å². The molecule has 4 N–H and O–H groups in total. The fourth-order valence-electron chi connectivity index (χ4n) is 1.73. The monoisotopic (exact) mass is 272 g/mol. The van der Waals surface area contributed by atoms with Crippen molar-refractivity contribution in [1.82, 2.24) is 4.98 Å². The molecule has 0 fully saturated rings. The first-order chi connectivity index (χ1) is 9.47. The van der Waals surface area contributed by atoms with Gasteiger partial charge in [0.15, 0.2) is 0 Å². The molecule has 2 rings (SSSR count). The van der Waals surface area contributed by atoms with Gasteiger partial charge in [0.2, 0.25) is 0 Å². The smallest absolute Gasteiger partial charge is 0.337 e. The molecular formula is C14H16N4O2. The van der Waals surface area contributed by atoms with Gasteiger partial charge in [-0.3, -0.25) is 0 Å². The second-order valence-electron chi connectivity index (χ2n) is 4.53. The van der Waals surface area contributed by atoms with E-state index in [9.17, 15) is 4.79 Å². The summed E-state index contributed by atoms with van der Waals surface area (Å²) in [5, 5.41) is 12.1. The fourth-order valence-corrected chi connectivity index (χ4v) is 1.73. The van der Waals surface area contributed by atoms with Crippen LogP contribution in [0.5, 0.6) is 0 Å². The molecule has 0 amide bonds. The molecule has 0 radical (unpaired) electrons. The van der Waals surface area contributed by atoms with E-state index >= 15 is 0 Å². The van der Waals surface area contributed by atoms with E-state index in [0.29, 0.717) is 5.82 Å². The number of carbonyl (C=O) groups is 1. The molecule has 1 aromatic carbocycles. The van der Waals surface area contributed by atoms with Crippen LogP contribution in [0.3, 0.4) is 0 Å².